The van der Waals surface area contributed by atoms with Crippen molar-refractivity contribution in [3.63, 3.8) is 0 Å². The topological polar surface area (TPSA) is 12.0 Å². The Morgan fingerprint density at radius 1 is 1.07 bits per heavy atom. The predicted octanol–water partition coefficient (Wildman–Crippen LogP) is 3.45. The van der Waals surface area contributed by atoms with Gasteiger partial charge in [0.1, 0.15) is 0 Å². The molecule has 0 atom stereocenters. The molecule has 1 rings (SSSR count). The largest absolute Gasteiger partial charge is 0.313 e. The van der Waals surface area contributed by atoms with Crippen LogP contribution >= 0.6 is 0 Å². The summed E-state index contributed by atoms with van der Waals surface area (Å²) >= 11 is 0. The third-order valence-electron chi connectivity index (χ3n) is 4.33. The lowest BCUT2D eigenvalue weighted by Gasteiger charge is -2.07. The van der Waals surface area contributed by atoms with Crippen LogP contribution in [0.3, 0.4) is 0 Å². The molecule has 1 aliphatic rings. The summed E-state index contributed by atoms with van der Waals surface area (Å²) in [5.74, 6) is 0.844. The third kappa shape index (κ3) is 2.13. The number of rotatable bonds is 5. The van der Waals surface area contributed by atoms with E-state index in [-0.39, 0.29) is 0 Å². The van der Waals surface area contributed by atoms with Crippen molar-refractivity contribution >= 4 is 0 Å². The van der Waals surface area contributed by atoms with Crippen LogP contribution in [0.1, 0.15) is 54.4 Å². The van der Waals surface area contributed by atoms with Crippen LogP contribution in [0.2, 0.25) is 0 Å². The Morgan fingerprint density at radius 2 is 1.57 bits per heavy atom. The zero-order valence-corrected chi connectivity index (χ0v) is 10.8. The molecule has 1 aliphatic carbocycles. The summed E-state index contributed by atoms with van der Waals surface area (Å²) in [6.07, 6.45) is 2.67. The van der Waals surface area contributed by atoms with Crippen molar-refractivity contribution in [1.82, 2.24) is 5.32 Å². The highest BCUT2D eigenvalue weighted by molar-refractivity contribution is 5.17. The summed E-state index contributed by atoms with van der Waals surface area (Å²) in [4.78, 5) is 0. The fourth-order valence-electron chi connectivity index (χ4n) is 2.46. The smallest absolute Gasteiger partial charge is 0.0181 e. The summed E-state index contributed by atoms with van der Waals surface area (Å²) in [7, 11) is 0. The highest BCUT2D eigenvalue weighted by Gasteiger charge is 2.64. The molecule has 1 nitrogen and oxygen atoms in total. The van der Waals surface area contributed by atoms with Gasteiger partial charge in [-0.3, -0.25) is 0 Å². The second-order valence-electron chi connectivity index (χ2n) is 6.37. The van der Waals surface area contributed by atoms with E-state index < -0.39 is 0 Å². The van der Waals surface area contributed by atoms with Gasteiger partial charge in [-0.05, 0) is 36.1 Å². The SMILES string of the molecule is CC(C)CCCNC1C(C)(C)C1(C)C. The van der Waals surface area contributed by atoms with Gasteiger partial charge in [-0.15, -0.1) is 0 Å². The van der Waals surface area contributed by atoms with Crippen LogP contribution in [-0.4, -0.2) is 12.6 Å². The van der Waals surface area contributed by atoms with Crippen molar-refractivity contribution in [2.45, 2.75) is 60.4 Å². The minimum atomic E-state index is 0.491. The molecule has 0 unspecified atom stereocenters. The maximum Gasteiger partial charge on any atom is 0.0181 e. The molecule has 1 heteroatoms. The zero-order chi connectivity index (χ0) is 11.0. The lowest BCUT2D eigenvalue weighted by Crippen LogP contribution is -2.23. The first-order valence-corrected chi connectivity index (χ1v) is 6.03. The Hall–Kier alpha value is -0.0400. The normalized spacial score (nSPS) is 24.2. The second-order valence-corrected chi connectivity index (χ2v) is 6.37. The molecule has 0 aromatic heterocycles. The Labute approximate surface area is 89.7 Å². The van der Waals surface area contributed by atoms with Crippen LogP contribution in [-0.2, 0) is 0 Å². The molecule has 0 heterocycles. The maximum atomic E-state index is 3.69. The van der Waals surface area contributed by atoms with E-state index in [9.17, 15) is 0 Å². The summed E-state index contributed by atoms with van der Waals surface area (Å²) in [6, 6.07) is 0.724. The Morgan fingerprint density at radius 3 is 1.93 bits per heavy atom. The lowest BCUT2D eigenvalue weighted by atomic mass is 10.0. The van der Waals surface area contributed by atoms with Crippen LogP contribution in [0.25, 0.3) is 0 Å². The Kier molecular flexibility index (Phi) is 3.30. The minimum absolute atomic E-state index is 0.491. The molecule has 1 fully saturated rings. The third-order valence-corrected chi connectivity index (χ3v) is 4.33. The van der Waals surface area contributed by atoms with Crippen molar-refractivity contribution in [3.8, 4) is 0 Å². The average Bonchev–Trinajstić information content (AvgIpc) is 2.38. The maximum absolute atomic E-state index is 3.69. The fraction of sp³-hybridized carbons (Fsp3) is 1.00. The molecular weight excluding hydrogens is 170 g/mol. The van der Waals surface area contributed by atoms with Crippen molar-refractivity contribution in [2.24, 2.45) is 16.7 Å². The fourth-order valence-corrected chi connectivity index (χ4v) is 2.46. The summed E-state index contributed by atoms with van der Waals surface area (Å²) in [6.45, 7) is 15.3. The quantitative estimate of drug-likeness (QED) is 0.666. The van der Waals surface area contributed by atoms with Gasteiger partial charge < -0.3 is 5.32 Å². The standard InChI is InChI=1S/C13H27N/c1-10(2)8-7-9-14-11-12(3,4)13(11,5)6/h10-11,14H,7-9H2,1-6H3. The van der Waals surface area contributed by atoms with Gasteiger partial charge in [0.05, 0.1) is 0 Å². The highest BCUT2D eigenvalue weighted by Crippen LogP contribution is 2.62. The van der Waals surface area contributed by atoms with Crippen molar-refractivity contribution < 1.29 is 0 Å². The molecule has 0 aliphatic heterocycles. The molecule has 1 N–H and O–H groups in total. The van der Waals surface area contributed by atoms with E-state index in [1.165, 1.54) is 19.4 Å². The molecule has 0 aromatic rings. The van der Waals surface area contributed by atoms with Crippen LogP contribution in [0.5, 0.6) is 0 Å². The van der Waals surface area contributed by atoms with Crippen molar-refractivity contribution in [1.29, 1.82) is 0 Å². The monoisotopic (exact) mass is 197 g/mol. The van der Waals surface area contributed by atoms with Gasteiger partial charge in [0.15, 0.2) is 0 Å². The molecule has 1 saturated carbocycles. The predicted molar refractivity (Wildman–Crippen MR) is 63.4 cm³/mol. The highest BCUT2D eigenvalue weighted by atomic mass is 15.0. The van der Waals surface area contributed by atoms with E-state index in [1.807, 2.05) is 0 Å². The number of hydrogen-bond acceptors (Lipinski definition) is 1. The molecule has 0 bridgehead atoms. The molecule has 14 heavy (non-hydrogen) atoms. The van der Waals surface area contributed by atoms with Crippen LogP contribution in [0.15, 0.2) is 0 Å². The molecule has 84 valence electrons. The molecular formula is C13H27N. The summed E-state index contributed by atoms with van der Waals surface area (Å²) < 4.78 is 0. The zero-order valence-electron chi connectivity index (χ0n) is 10.8. The Bertz CT molecular complexity index is 177. The first kappa shape index (κ1) is 12.0. The van der Waals surface area contributed by atoms with Gasteiger partial charge in [-0.25, -0.2) is 0 Å². The van der Waals surface area contributed by atoms with E-state index >= 15 is 0 Å². The van der Waals surface area contributed by atoms with Gasteiger partial charge in [-0.1, -0.05) is 41.5 Å². The molecule has 0 saturated heterocycles. The average molecular weight is 197 g/mol. The van der Waals surface area contributed by atoms with E-state index in [0.29, 0.717) is 10.8 Å². The minimum Gasteiger partial charge on any atom is -0.313 e. The van der Waals surface area contributed by atoms with Gasteiger partial charge >= 0.3 is 0 Å². The van der Waals surface area contributed by atoms with Gasteiger partial charge in [0.2, 0.25) is 0 Å². The number of hydrogen-bond donors (Lipinski definition) is 1. The van der Waals surface area contributed by atoms with Crippen molar-refractivity contribution in [3.05, 3.63) is 0 Å². The van der Waals surface area contributed by atoms with E-state index in [0.717, 1.165) is 12.0 Å². The van der Waals surface area contributed by atoms with Crippen molar-refractivity contribution in [2.75, 3.05) is 6.54 Å². The van der Waals surface area contributed by atoms with Crippen LogP contribution in [0, 0.1) is 16.7 Å². The number of nitrogens with one attached hydrogen (secondary N) is 1. The summed E-state index contributed by atoms with van der Waals surface area (Å²) in [5, 5.41) is 3.69. The second kappa shape index (κ2) is 3.84. The van der Waals surface area contributed by atoms with Gasteiger partial charge in [-0.2, -0.15) is 0 Å². The van der Waals surface area contributed by atoms with E-state index in [1.54, 1.807) is 0 Å². The molecule has 0 radical (unpaired) electrons. The first-order chi connectivity index (χ1) is 6.30. The van der Waals surface area contributed by atoms with E-state index in [2.05, 4.69) is 46.9 Å². The van der Waals surface area contributed by atoms with Crippen LogP contribution in [0.4, 0.5) is 0 Å². The lowest BCUT2D eigenvalue weighted by molar-refractivity contribution is 0.457. The van der Waals surface area contributed by atoms with Crippen LogP contribution < -0.4 is 5.32 Å². The summed E-state index contributed by atoms with van der Waals surface area (Å²) in [5.41, 5.74) is 0.982. The van der Waals surface area contributed by atoms with Gasteiger partial charge in [0.25, 0.3) is 0 Å². The molecule has 0 amide bonds. The molecule has 0 spiro atoms. The van der Waals surface area contributed by atoms with E-state index in [4.69, 9.17) is 0 Å². The van der Waals surface area contributed by atoms with Gasteiger partial charge in [0, 0.05) is 6.04 Å². The first-order valence-electron chi connectivity index (χ1n) is 6.03. The Balaban J connectivity index is 2.16. The molecule has 0 aromatic carbocycles.